The van der Waals surface area contributed by atoms with Crippen molar-refractivity contribution in [3.8, 4) is 11.1 Å². The van der Waals surface area contributed by atoms with Gasteiger partial charge in [0.25, 0.3) is 0 Å². The van der Waals surface area contributed by atoms with Crippen LogP contribution in [0.1, 0.15) is 49.1 Å². The van der Waals surface area contributed by atoms with E-state index in [1.54, 1.807) is 0 Å². The molecule has 1 aliphatic carbocycles. The van der Waals surface area contributed by atoms with Gasteiger partial charge in [-0.05, 0) is 41.3 Å². The zero-order chi connectivity index (χ0) is 22.1. The molecule has 0 spiro atoms. The summed E-state index contributed by atoms with van der Waals surface area (Å²) >= 11 is 0. The minimum atomic E-state index is -2.60. The average molecular weight is 463 g/mol. The van der Waals surface area contributed by atoms with Gasteiger partial charge in [-0.2, -0.15) is 0 Å². The van der Waals surface area contributed by atoms with Crippen LogP contribution >= 0.6 is 15.8 Å². The van der Waals surface area contributed by atoms with Gasteiger partial charge in [0.15, 0.2) is 8.03 Å². The minimum Gasteiger partial charge on any atom is -0.449 e. The number of nitrogens with one attached hydrogen (secondary N) is 1. The zero-order valence-corrected chi connectivity index (χ0v) is 19.6. The van der Waals surface area contributed by atoms with Gasteiger partial charge in [-0.15, -0.1) is 0 Å². The SMILES string of the molecule is O=C(NCCCCCCC[PH](=O)C[PH](=O)O)OCC1c2ccccc2-c2ccccc21. The molecule has 0 bridgehead atoms. The van der Waals surface area contributed by atoms with Crippen molar-refractivity contribution in [3.05, 3.63) is 59.7 Å². The van der Waals surface area contributed by atoms with E-state index in [4.69, 9.17) is 9.63 Å². The molecule has 1 amide bonds. The summed E-state index contributed by atoms with van der Waals surface area (Å²) in [4.78, 5) is 20.9. The van der Waals surface area contributed by atoms with Crippen molar-refractivity contribution in [1.29, 1.82) is 0 Å². The fourth-order valence-electron chi connectivity index (χ4n) is 4.07. The van der Waals surface area contributed by atoms with Crippen LogP contribution in [0.3, 0.4) is 0 Å². The Kier molecular flexibility index (Phi) is 9.39. The molecule has 168 valence electrons. The van der Waals surface area contributed by atoms with E-state index in [-0.39, 0.29) is 17.9 Å². The van der Waals surface area contributed by atoms with E-state index in [0.717, 1.165) is 32.1 Å². The molecule has 2 N–H and O–H groups in total. The van der Waals surface area contributed by atoms with Crippen molar-refractivity contribution < 1.29 is 23.6 Å². The van der Waals surface area contributed by atoms with E-state index in [2.05, 4.69) is 29.6 Å². The van der Waals surface area contributed by atoms with Gasteiger partial charge in [0.1, 0.15) is 6.61 Å². The zero-order valence-electron chi connectivity index (χ0n) is 17.6. The Hall–Kier alpha value is -1.87. The van der Waals surface area contributed by atoms with Crippen molar-refractivity contribution >= 4 is 21.9 Å². The molecule has 31 heavy (non-hydrogen) atoms. The number of hydrogen-bond acceptors (Lipinski definition) is 4. The summed E-state index contributed by atoms with van der Waals surface area (Å²) in [5.74, 6) is 0.0506. The topological polar surface area (TPSA) is 92.7 Å². The molecule has 0 aliphatic heterocycles. The molecule has 1 aliphatic rings. The summed E-state index contributed by atoms with van der Waals surface area (Å²) in [6, 6.07) is 16.5. The monoisotopic (exact) mass is 463 g/mol. The Bertz CT molecular complexity index is 888. The molecule has 2 atom stereocenters. The fourth-order valence-corrected chi connectivity index (χ4v) is 6.78. The fraction of sp³-hybridized carbons (Fsp3) is 0.435. The largest absolute Gasteiger partial charge is 0.449 e. The molecule has 2 aromatic rings. The lowest BCUT2D eigenvalue weighted by Crippen LogP contribution is -2.27. The first-order valence-corrected chi connectivity index (χ1v) is 14.3. The van der Waals surface area contributed by atoms with Crippen molar-refractivity contribution in [3.63, 3.8) is 0 Å². The van der Waals surface area contributed by atoms with E-state index in [0.29, 0.717) is 19.3 Å². The maximum atomic E-state index is 12.1. The Balaban J connectivity index is 1.31. The maximum absolute atomic E-state index is 12.1. The van der Waals surface area contributed by atoms with Crippen molar-refractivity contribution in [2.75, 3.05) is 25.2 Å². The quantitative estimate of drug-likeness (QED) is 0.322. The molecule has 8 heteroatoms. The van der Waals surface area contributed by atoms with E-state index in [1.165, 1.54) is 22.3 Å². The molecular weight excluding hydrogens is 432 g/mol. The number of rotatable bonds is 12. The third kappa shape index (κ3) is 7.07. The average Bonchev–Trinajstić information content (AvgIpc) is 3.07. The van der Waals surface area contributed by atoms with Crippen LogP contribution in [0.5, 0.6) is 0 Å². The predicted molar refractivity (Wildman–Crippen MR) is 126 cm³/mol. The first-order chi connectivity index (χ1) is 15.1. The molecule has 0 radical (unpaired) electrons. The second kappa shape index (κ2) is 12.2. The van der Waals surface area contributed by atoms with Gasteiger partial charge in [0.05, 0.1) is 13.7 Å². The Morgan fingerprint density at radius 1 is 0.903 bits per heavy atom. The van der Waals surface area contributed by atoms with Crippen LogP contribution in [0.25, 0.3) is 11.1 Å². The summed E-state index contributed by atoms with van der Waals surface area (Å²) in [5, 5.41) is 2.82. The molecular formula is C23H31NO5P2. The lowest BCUT2D eigenvalue weighted by atomic mass is 9.98. The van der Waals surface area contributed by atoms with E-state index >= 15 is 0 Å². The number of alkyl carbamates (subject to hydrolysis) is 1. The van der Waals surface area contributed by atoms with Crippen molar-refractivity contribution in [2.24, 2.45) is 0 Å². The lowest BCUT2D eigenvalue weighted by molar-refractivity contribution is 0.143. The molecule has 2 aromatic carbocycles. The van der Waals surface area contributed by atoms with Gasteiger partial charge < -0.3 is 19.5 Å². The number of hydrogen-bond donors (Lipinski definition) is 2. The van der Waals surface area contributed by atoms with Crippen LogP contribution in [0.15, 0.2) is 48.5 Å². The highest BCUT2D eigenvalue weighted by molar-refractivity contribution is 7.59. The molecule has 0 fully saturated rings. The molecule has 6 nitrogen and oxygen atoms in total. The van der Waals surface area contributed by atoms with Gasteiger partial charge in [0.2, 0.25) is 0 Å². The highest BCUT2D eigenvalue weighted by Crippen LogP contribution is 2.44. The lowest BCUT2D eigenvalue weighted by Gasteiger charge is -2.14. The van der Waals surface area contributed by atoms with Gasteiger partial charge in [-0.25, -0.2) is 4.79 Å². The number of amides is 1. The molecule has 2 unspecified atom stereocenters. The summed E-state index contributed by atoms with van der Waals surface area (Å²) in [7, 11) is -4.49. The third-order valence-electron chi connectivity index (χ3n) is 5.59. The molecule has 0 heterocycles. The van der Waals surface area contributed by atoms with Crippen molar-refractivity contribution in [2.45, 2.75) is 38.0 Å². The molecule has 3 rings (SSSR count). The normalized spacial score (nSPS) is 14.5. The van der Waals surface area contributed by atoms with Crippen LogP contribution in [0.2, 0.25) is 0 Å². The first kappa shape index (κ1) is 23.8. The van der Waals surface area contributed by atoms with Gasteiger partial charge in [0, 0.05) is 12.5 Å². The number of carbonyl (C=O) groups excluding carboxylic acids is 1. The smallest absolute Gasteiger partial charge is 0.407 e. The maximum Gasteiger partial charge on any atom is 0.407 e. The highest BCUT2D eigenvalue weighted by atomic mass is 31.2. The van der Waals surface area contributed by atoms with Crippen LogP contribution in [-0.2, 0) is 13.9 Å². The van der Waals surface area contributed by atoms with Crippen molar-refractivity contribution in [1.82, 2.24) is 5.32 Å². The number of carbonyl (C=O) groups is 1. The molecule has 0 saturated carbocycles. The van der Waals surface area contributed by atoms with Crippen LogP contribution in [0.4, 0.5) is 4.79 Å². The highest BCUT2D eigenvalue weighted by Gasteiger charge is 2.28. The third-order valence-corrected chi connectivity index (χ3v) is 9.29. The van der Waals surface area contributed by atoms with E-state index < -0.39 is 15.8 Å². The Labute approximate surface area is 185 Å². The first-order valence-electron chi connectivity index (χ1n) is 10.9. The minimum absolute atomic E-state index is 0.0145. The van der Waals surface area contributed by atoms with Crippen LogP contribution in [-0.4, -0.2) is 36.2 Å². The summed E-state index contributed by atoms with van der Waals surface area (Å²) < 4.78 is 27.7. The number of benzene rings is 2. The standard InChI is InChI=1S/C23H31NO5P2/c25-23(24-14-8-2-1-3-9-15-30(26)17-31(27)28)29-16-22-20-12-6-4-10-18(20)19-11-5-7-13-21(19)22/h4-7,10-13,22,30-31H,1-3,8-9,14-17H2,(H,24,25)(H,27,28). The van der Waals surface area contributed by atoms with Gasteiger partial charge in [-0.3, -0.25) is 4.57 Å². The summed E-state index contributed by atoms with van der Waals surface area (Å²) in [6.07, 6.45) is 4.78. The van der Waals surface area contributed by atoms with Gasteiger partial charge in [-0.1, -0.05) is 67.8 Å². The molecule has 0 aromatic heterocycles. The molecule has 0 saturated heterocycles. The van der Waals surface area contributed by atoms with Crippen LogP contribution < -0.4 is 5.32 Å². The summed E-state index contributed by atoms with van der Waals surface area (Å²) in [5.41, 5.74) is 4.82. The predicted octanol–water partition coefficient (Wildman–Crippen LogP) is 5.46. The second-order valence-electron chi connectivity index (χ2n) is 7.88. The van der Waals surface area contributed by atoms with Gasteiger partial charge >= 0.3 is 6.09 Å². The number of fused-ring (bicyclic) bond motifs is 3. The number of unbranched alkanes of at least 4 members (excludes halogenated alkanes) is 4. The number of ether oxygens (including phenoxy) is 1. The summed E-state index contributed by atoms with van der Waals surface area (Å²) in [6.45, 7) is 0.888. The Morgan fingerprint density at radius 2 is 1.48 bits per heavy atom. The Morgan fingerprint density at radius 3 is 2.13 bits per heavy atom. The van der Waals surface area contributed by atoms with E-state index in [1.807, 2.05) is 24.3 Å². The second-order valence-corrected chi connectivity index (χ2v) is 11.7. The van der Waals surface area contributed by atoms with E-state index in [9.17, 15) is 13.9 Å². The van der Waals surface area contributed by atoms with Crippen LogP contribution in [0, 0.1) is 0 Å².